The van der Waals surface area contributed by atoms with Gasteiger partial charge in [-0.3, -0.25) is 0 Å². The number of hydrogen-bond donors (Lipinski definition) is 0. The van der Waals surface area contributed by atoms with E-state index < -0.39 is 0 Å². The van der Waals surface area contributed by atoms with Crippen LogP contribution in [0.1, 0.15) is 31.2 Å². The first kappa shape index (κ1) is 8.76. The summed E-state index contributed by atoms with van der Waals surface area (Å²) in [5.41, 5.74) is 2.98. The van der Waals surface area contributed by atoms with Crippen molar-refractivity contribution in [3.8, 4) is 0 Å². The lowest BCUT2D eigenvalue weighted by atomic mass is 9.89. The lowest BCUT2D eigenvalue weighted by molar-refractivity contribution is 0.685. The van der Waals surface area contributed by atoms with E-state index >= 15 is 0 Å². The van der Waals surface area contributed by atoms with Gasteiger partial charge in [0.25, 0.3) is 0 Å². The van der Waals surface area contributed by atoms with Crippen molar-refractivity contribution < 1.29 is 0 Å². The lowest BCUT2D eigenvalue weighted by Gasteiger charge is -2.19. The Morgan fingerprint density at radius 1 is 1.31 bits per heavy atom. The van der Waals surface area contributed by atoms with E-state index in [1.165, 1.54) is 16.0 Å². The van der Waals surface area contributed by atoms with Gasteiger partial charge >= 0.3 is 0 Å². The summed E-state index contributed by atoms with van der Waals surface area (Å²) in [5, 5.41) is 2.18. The highest BCUT2D eigenvalue weighted by molar-refractivity contribution is 7.10. The van der Waals surface area contributed by atoms with Crippen molar-refractivity contribution in [3.05, 3.63) is 40.1 Å². The minimum Gasteiger partial charge on any atom is -0.147 e. The van der Waals surface area contributed by atoms with Gasteiger partial charge in [0.05, 0.1) is 0 Å². The average Bonchev–Trinajstić information content (AvgIpc) is 2.48. The summed E-state index contributed by atoms with van der Waals surface area (Å²) >= 11 is 1.86. The van der Waals surface area contributed by atoms with Crippen LogP contribution in [0.4, 0.5) is 0 Å². The zero-order valence-electron chi connectivity index (χ0n) is 8.29. The molecule has 1 heteroatoms. The molecule has 0 saturated heterocycles. The van der Waals surface area contributed by atoms with E-state index in [1.54, 1.807) is 0 Å². The number of hydrogen-bond acceptors (Lipinski definition) is 1. The predicted molar refractivity (Wildman–Crippen MR) is 60.1 cm³/mol. The van der Waals surface area contributed by atoms with E-state index in [0.717, 1.165) is 0 Å². The highest BCUT2D eigenvalue weighted by Crippen LogP contribution is 2.37. The van der Waals surface area contributed by atoms with Crippen LogP contribution >= 0.6 is 11.3 Å². The van der Waals surface area contributed by atoms with Crippen LogP contribution < -0.4 is 0 Å². The molecule has 1 aromatic rings. The fourth-order valence-corrected chi connectivity index (χ4v) is 2.79. The Labute approximate surface area is 83.6 Å². The van der Waals surface area contributed by atoms with Crippen LogP contribution in [0.5, 0.6) is 0 Å². The van der Waals surface area contributed by atoms with E-state index in [-0.39, 0.29) is 5.41 Å². The van der Waals surface area contributed by atoms with Crippen molar-refractivity contribution in [2.24, 2.45) is 0 Å². The summed E-state index contributed by atoms with van der Waals surface area (Å²) in [6.07, 6.45) is 6.64. The molecule has 0 aliphatic heterocycles. The highest BCUT2D eigenvalue weighted by atomic mass is 32.1. The topological polar surface area (TPSA) is 0 Å². The Morgan fingerprint density at radius 3 is 2.85 bits per heavy atom. The second-order valence-electron chi connectivity index (χ2n) is 4.09. The van der Waals surface area contributed by atoms with Crippen LogP contribution in [0.25, 0.3) is 5.57 Å². The molecule has 1 aliphatic carbocycles. The van der Waals surface area contributed by atoms with Crippen LogP contribution in [-0.4, -0.2) is 0 Å². The van der Waals surface area contributed by atoms with Gasteiger partial charge in [-0.25, -0.2) is 0 Å². The van der Waals surface area contributed by atoms with Crippen molar-refractivity contribution in [2.45, 2.75) is 26.2 Å². The zero-order valence-corrected chi connectivity index (χ0v) is 9.11. The first-order chi connectivity index (χ1) is 6.11. The van der Waals surface area contributed by atoms with Crippen molar-refractivity contribution >= 4 is 16.9 Å². The first-order valence-electron chi connectivity index (χ1n) is 4.56. The van der Waals surface area contributed by atoms with Gasteiger partial charge in [-0.15, -0.1) is 11.3 Å². The van der Waals surface area contributed by atoms with Gasteiger partial charge in [-0.05, 0) is 29.5 Å². The monoisotopic (exact) mass is 190 g/mol. The van der Waals surface area contributed by atoms with E-state index in [4.69, 9.17) is 0 Å². The number of rotatable bonds is 0. The molecule has 0 fully saturated rings. The Hall–Kier alpha value is -0.820. The summed E-state index contributed by atoms with van der Waals surface area (Å²) in [6, 6.07) is 2.22. The summed E-state index contributed by atoms with van der Waals surface area (Å²) < 4.78 is 0. The maximum absolute atomic E-state index is 2.28. The van der Waals surface area contributed by atoms with Gasteiger partial charge in [0.15, 0.2) is 0 Å². The zero-order chi connectivity index (χ0) is 9.47. The maximum Gasteiger partial charge on any atom is 0.0214 e. The largest absolute Gasteiger partial charge is 0.147 e. The molecule has 1 aromatic heterocycles. The standard InChI is InChI=1S/C12H14S/c1-9-5-4-7-12(2,3)11-10(9)6-8-13-11/h4-8H,1-3H3. The highest BCUT2D eigenvalue weighted by Gasteiger charge is 2.23. The smallest absolute Gasteiger partial charge is 0.0214 e. The minimum atomic E-state index is 0.192. The third-order valence-corrected chi connectivity index (χ3v) is 3.79. The summed E-state index contributed by atoms with van der Waals surface area (Å²) in [4.78, 5) is 1.48. The third-order valence-electron chi connectivity index (χ3n) is 2.53. The number of allylic oxidation sites excluding steroid dienone is 4. The van der Waals surface area contributed by atoms with E-state index in [1.807, 2.05) is 11.3 Å². The first-order valence-corrected chi connectivity index (χ1v) is 5.44. The molecule has 2 rings (SSSR count). The molecular weight excluding hydrogens is 176 g/mol. The molecule has 0 saturated carbocycles. The Bertz CT molecular complexity index is 378. The fourth-order valence-electron chi connectivity index (χ4n) is 1.72. The molecule has 68 valence electrons. The normalized spacial score (nSPS) is 19.2. The molecule has 0 spiro atoms. The predicted octanol–water partition coefficient (Wildman–Crippen LogP) is 4.00. The number of thiophene rings is 1. The fraction of sp³-hybridized carbons (Fsp3) is 0.333. The van der Waals surface area contributed by atoms with Crippen LogP contribution in [0.3, 0.4) is 0 Å². The third kappa shape index (κ3) is 1.37. The lowest BCUT2D eigenvalue weighted by Crippen LogP contribution is -2.12. The summed E-state index contributed by atoms with van der Waals surface area (Å²) in [6.45, 7) is 6.72. The molecule has 1 heterocycles. The quantitative estimate of drug-likeness (QED) is 0.580. The molecule has 13 heavy (non-hydrogen) atoms. The van der Waals surface area contributed by atoms with E-state index in [2.05, 4.69) is 50.4 Å². The average molecular weight is 190 g/mol. The van der Waals surface area contributed by atoms with Crippen molar-refractivity contribution in [1.82, 2.24) is 0 Å². The summed E-state index contributed by atoms with van der Waals surface area (Å²) in [5.74, 6) is 0. The molecule has 0 aromatic carbocycles. The van der Waals surface area contributed by atoms with Crippen LogP contribution in [0, 0.1) is 0 Å². The molecule has 0 unspecified atom stereocenters. The van der Waals surface area contributed by atoms with Gasteiger partial charge in [0.1, 0.15) is 0 Å². The van der Waals surface area contributed by atoms with Crippen molar-refractivity contribution in [2.75, 3.05) is 0 Å². The molecular formula is C12H14S. The minimum absolute atomic E-state index is 0.192. The Balaban J connectivity index is 2.65. The SMILES string of the molecule is CC1=CC=CC(C)(C)c2sccc21. The van der Waals surface area contributed by atoms with Gasteiger partial charge in [-0.2, -0.15) is 0 Å². The van der Waals surface area contributed by atoms with Gasteiger partial charge in [-0.1, -0.05) is 32.1 Å². The van der Waals surface area contributed by atoms with Crippen molar-refractivity contribution in [3.63, 3.8) is 0 Å². The molecule has 0 N–H and O–H groups in total. The number of fused-ring (bicyclic) bond motifs is 1. The van der Waals surface area contributed by atoms with Crippen LogP contribution in [0.15, 0.2) is 29.7 Å². The Kier molecular flexibility index (Phi) is 1.92. The van der Waals surface area contributed by atoms with Crippen LogP contribution in [-0.2, 0) is 5.41 Å². The van der Waals surface area contributed by atoms with Gasteiger partial charge in [0.2, 0.25) is 0 Å². The molecule has 0 amide bonds. The molecule has 0 bridgehead atoms. The molecule has 0 radical (unpaired) electrons. The molecule has 1 aliphatic rings. The Morgan fingerprint density at radius 2 is 2.08 bits per heavy atom. The van der Waals surface area contributed by atoms with Crippen LogP contribution in [0.2, 0.25) is 0 Å². The second-order valence-corrected chi connectivity index (χ2v) is 5.01. The summed E-state index contributed by atoms with van der Waals surface area (Å²) in [7, 11) is 0. The molecule has 0 nitrogen and oxygen atoms in total. The van der Waals surface area contributed by atoms with Gasteiger partial charge < -0.3 is 0 Å². The van der Waals surface area contributed by atoms with E-state index in [9.17, 15) is 0 Å². The second kappa shape index (κ2) is 2.85. The van der Waals surface area contributed by atoms with Crippen molar-refractivity contribution in [1.29, 1.82) is 0 Å². The van der Waals surface area contributed by atoms with Gasteiger partial charge in [0, 0.05) is 10.3 Å². The maximum atomic E-state index is 2.28. The molecule has 0 atom stereocenters. The van der Waals surface area contributed by atoms with E-state index in [0.29, 0.717) is 0 Å².